The first-order chi connectivity index (χ1) is 12.2. The second-order valence-electron chi connectivity index (χ2n) is 7.12. The number of carbonyl (C=O) groups excluding carboxylic acids is 1. The smallest absolute Gasteiger partial charge is 0.160 e. The Balaban J connectivity index is 1.67. The fourth-order valence-electron chi connectivity index (χ4n) is 4.01. The van der Waals surface area contributed by atoms with Gasteiger partial charge in [-0.25, -0.2) is 0 Å². The van der Waals surface area contributed by atoms with Gasteiger partial charge in [-0.1, -0.05) is 49.4 Å². The predicted molar refractivity (Wildman–Crippen MR) is 105 cm³/mol. The molecule has 1 fully saturated rings. The molecule has 2 aromatic rings. The minimum atomic E-state index is 0.171. The van der Waals surface area contributed by atoms with Crippen LogP contribution in [0, 0.1) is 0 Å². The van der Waals surface area contributed by atoms with Gasteiger partial charge in [-0.05, 0) is 80.3 Å². The van der Waals surface area contributed by atoms with E-state index in [1.165, 1.54) is 35.1 Å². The zero-order valence-corrected chi connectivity index (χ0v) is 15.5. The number of Topliss-reactive ketones (excluding diaryl/α,β-unsaturated/α-hetero) is 1. The van der Waals surface area contributed by atoms with Gasteiger partial charge >= 0.3 is 0 Å². The number of aryl methyl sites for hydroxylation is 2. The van der Waals surface area contributed by atoms with Crippen LogP contribution in [0.5, 0.6) is 0 Å². The number of hydrogen-bond donors (Lipinski definition) is 1. The molecule has 1 aliphatic rings. The molecule has 1 heterocycles. The van der Waals surface area contributed by atoms with E-state index in [1.807, 2.05) is 12.1 Å². The number of ketones is 1. The number of rotatable bonds is 6. The minimum Gasteiger partial charge on any atom is -0.317 e. The SMILES string of the molecule is CCc1c(CCc2ccc(C3CCNCC3)cc2)cccc1C(C)=O. The third-order valence-electron chi connectivity index (χ3n) is 5.48. The Hall–Kier alpha value is -1.93. The van der Waals surface area contributed by atoms with Crippen molar-refractivity contribution in [3.63, 3.8) is 0 Å². The second kappa shape index (κ2) is 8.44. The lowest BCUT2D eigenvalue weighted by molar-refractivity contribution is 0.101. The van der Waals surface area contributed by atoms with E-state index in [0.717, 1.165) is 37.9 Å². The molecule has 25 heavy (non-hydrogen) atoms. The number of hydrogen-bond acceptors (Lipinski definition) is 2. The summed E-state index contributed by atoms with van der Waals surface area (Å²) >= 11 is 0. The number of benzene rings is 2. The van der Waals surface area contributed by atoms with Gasteiger partial charge in [-0.2, -0.15) is 0 Å². The lowest BCUT2D eigenvalue weighted by atomic mass is 9.89. The van der Waals surface area contributed by atoms with E-state index in [9.17, 15) is 4.79 Å². The Kier molecular flexibility index (Phi) is 6.04. The van der Waals surface area contributed by atoms with E-state index in [-0.39, 0.29) is 5.78 Å². The standard InChI is InChI=1S/C23H29NO/c1-3-22-21(5-4-6-23(22)17(2)25)12-9-18-7-10-19(11-8-18)20-13-15-24-16-14-20/h4-8,10-11,20,24H,3,9,12-16H2,1-2H3. The average Bonchev–Trinajstić information content (AvgIpc) is 2.67. The van der Waals surface area contributed by atoms with Crippen LogP contribution in [0.4, 0.5) is 0 Å². The van der Waals surface area contributed by atoms with E-state index in [1.54, 1.807) is 6.92 Å². The van der Waals surface area contributed by atoms with Crippen LogP contribution in [-0.2, 0) is 19.3 Å². The van der Waals surface area contributed by atoms with Crippen LogP contribution in [0.25, 0.3) is 0 Å². The number of piperidine rings is 1. The van der Waals surface area contributed by atoms with Gasteiger partial charge in [-0.3, -0.25) is 4.79 Å². The highest BCUT2D eigenvalue weighted by Crippen LogP contribution is 2.26. The van der Waals surface area contributed by atoms with Crippen molar-refractivity contribution in [3.8, 4) is 0 Å². The Bertz CT molecular complexity index is 711. The molecule has 0 amide bonds. The van der Waals surface area contributed by atoms with Crippen molar-refractivity contribution in [2.45, 2.75) is 51.9 Å². The van der Waals surface area contributed by atoms with E-state index >= 15 is 0 Å². The van der Waals surface area contributed by atoms with Crippen molar-refractivity contribution in [1.29, 1.82) is 0 Å². The normalized spacial score (nSPS) is 15.3. The van der Waals surface area contributed by atoms with Crippen molar-refractivity contribution in [1.82, 2.24) is 5.32 Å². The molecule has 0 aliphatic carbocycles. The molecular weight excluding hydrogens is 306 g/mol. The zero-order chi connectivity index (χ0) is 17.6. The van der Waals surface area contributed by atoms with Crippen molar-refractivity contribution in [3.05, 3.63) is 70.3 Å². The van der Waals surface area contributed by atoms with Gasteiger partial charge < -0.3 is 5.32 Å². The molecule has 0 bridgehead atoms. The highest BCUT2D eigenvalue weighted by Gasteiger charge is 2.15. The molecular formula is C23H29NO. The van der Waals surface area contributed by atoms with Gasteiger partial charge in [0.15, 0.2) is 5.78 Å². The quantitative estimate of drug-likeness (QED) is 0.775. The molecule has 1 N–H and O–H groups in total. The Morgan fingerprint density at radius 2 is 1.76 bits per heavy atom. The molecule has 0 aromatic heterocycles. The van der Waals surface area contributed by atoms with Gasteiger partial charge in [0.05, 0.1) is 0 Å². The Labute approximate surface area is 151 Å². The van der Waals surface area contributed by atoms with Gasteiger partial charge in [-0.15, -0.1) is 0 Å². The molecule has 0 atom stereocenters. The summed E-state index contributed by atoms with van der Waals surface area (Å²) in [5, 5.41) is 3.43. The first-order valence-electron chi connectivity index (χ1n) is 9.60. The van der Waals surface area contributed by atoms with Crippen LogP contribution < -0.4 is 5.32 Å². The van der Waals surface area contributed by atoms with Gasteiger partial charge in [0, 0.05) is 5.56 Å². The summed E-state index contributed by atoms with van der Waals surface area (Å²) in [5.74, 6) is 0.888. The first kappa shape index (κ1) is 17.9. The average molecular weight is 335 g/mol. The fraction of sp³-hybridized carbons (Fsp3) is 0.435. The summed E-state index contributed by atoms with van der Waals surface area (Å²) in [6.07, 6.45) is 5.44. The summed E-state index contributed by atoms with van der Waals surface area (Å²) in [4.78, 5) is 11.8. The molecule has 0 spiro atoms. The monoisotopic (exact) mass is 335 g/mol. The van der Waals surface area contributed by atoms with Gasteiger partial charge in [0.25, 0.3) is 0 Å². The molecule has 2 heteroatoms. The second-order valence-corrected chi connectivity index (χ2v) is 7.12. The minimum absolute atomic E-state index is 0.171. The van der Waals surface area contributed by atoms with Crippen LogP contribution >= 0.6 is 0 Å². The molecule has 132 valence electrons. The molecule has 2 aromatic carbocycles. The third kappa shape index (κ3) is 4.38. The predicted octanol–water partition coefficient (Wildman–Crippen LogP) is 4.70. The molecule has 0 saturated carbocycles. The lowest BCUT2D eigenvalue weighted by Gasteiger charge is -2.23. The molecule has 2 nitrogen and oxygen atoms in total. The largest absolute Gasteiger partial charge is 0.317 e. The van der Waals surface area contributed by atoms with Crippen LogP contribution in [0.2, 0.25) is 0 Å². The molecule has 0 radical (unpaired) electrons. The summed E-state index contributed by atoms with van der Waals surface area (Å²) in [5.41, 5.74) is 6.30. The third-order valence-corrected chi connectivity index (χ3v) is 5.48. The van der Waals surface area contributed by atoms with E-state index in [0.29, 0.717) is 5.92 Å². The van der Waals surface area contributed by atoms with Crippen LogP contribution in [0.3, 0.4) is 0 Å². The van der Waals surface area contributed by atoms with Crippen LogP contribution in [0.1, 0.15) is 65.2 Å². The molecule has 0 unspecified atom stereocenters. The van der Waals surface area contributed by atoms with E-state index < -0.39 is 0 Å². The van der Waals surface area contributed by atoms with E-state index in [4.69, 9.17) is 0 Å². The van der Waals surface area contributed by atoms with E-state index in [2.05, 4.69) is 42.6 Å². The maximum atomic E-state index is 11.8. The van der Waals surface area contributed by atoms with Gasteiger partial charge in [0.1, 0.15) is 0 Å². The van der Waals surface area contributed by atoms with Crippen molar-refractivity contribution in [2.24, 2.45) is 0 Å². The zero-order valence-electron chi connectivity index (χ0n) is 15.5. The van der Waals surface area contributed by atoms with Crippen molar-refractivity contribution in [2.75, 3.05) is 13.1 Å². The maximum Gasteiger partial charge on any atom is 0.160 e. The lowest BCUT2D eigenvalue weighted by Crippen LogP contribution is -2.26. The summed E-state index contributed by atoms with van der Waals surface area (Å²) in [6, 6.07) is 15.4. The summed E-state index contributed by atoms with van der Waals surface area (Å²) < 4.78 is 0. The highest BCUT2D eigenvalue weighted by molar-refractivity contribution is 5.95. The molecule has 1 aliphatic heterocycles. The molecule has 1 saturated heterocycles. The van der Waals surface area contributed by atoms with Gasteiger partial charge in [0.2, 0.25) is 0 Å². The molecule has 3 rings (SSSR count). The van der Waals surface area contributed by atoms with Crippen molar-refractivity contribution >= 4 is 5.78 Å². The summed E-state index contributed by atoms with van der Waals surface area (Å²) in [6.45, 7) is 6.08. The first-order valence-corrected chi connectivity index (χ1v) is 9.60. The Morgan fingerprint density at radius 1 is 1.04 bits per heavy atom. The Morgan fingerprint density at radius 3 is 2.40 bits per heavy atom. The topological polar surface area (TPSA) is 29.1 Å². The van der Waals surface area contributed by atoms with Crippen LogP contribution in [-0.4, -0.2) is 18.9 Å². The maximum absolute atomic E-state index is 11.8. The number of carbonyl (C=O) groups is 1. The summed E-state index contributed by atoms with van der Waals surface area (Å²) in [7, 11) is 0. The van der Waals surface area contributed by atoms with Crippen LogP contribution in [0.15, 0.2) is 42.5 Å². The fourth-order valence-corrected chi connectivity index (χ4v) is 4.01. The van der Waals surface area contributed by atoms with Crippen molar-refractivity contribution < 1.29 is 4.79 Å². The number of nitrogens with one attached hydrogen (secondary N) is 1. The highest BCUT2D eigenvalue weighted by atomic mass is 16.1.